The number of amides is 1. The minimum absolute atomic E-state index is 0.00553. The lowest BCUT2D eigenvalue weighted by Gasteiger charge is -2.06. The van der Waals surface area contributed by atoms with Gasteiger partial charge in [-0.1, -0.05) is 0 Å². The van der Waals surface area contributed by atoms with Gasteiger partial charge < -0.3 is 14.6 Å². The number of fused-ring (bicyclic) bond motifs is 1. The standard InChI is InChI=1S/C17H13F3N2O4/c1-26-17(25)15(23)13-7-9(12-3-2-4-22(12)13)16(24)21-8-5-10(18)14(20)11(19)6-8/h5-7H,2-4H2,1H3,(H,21,24). The van der Waals surface area contributed by atoms with Crippen molar-refractivity contribution >= 4 is 23.3 Å². The highest BCUT2D eigenvalue weighted by Gasteiger charge is 2.30. The number of carbonyl (C=O) groups excluding carboxylic acids is 3. The number of halogens is 3. The van der Waals surface area contributed by atoms with Crippen LogP contribution >= 0.6 is 0 Å². The SMILES string of the molecule is COC(=O)C(=O)c1cc(C(=O)Nc2cc(F)c(F)c(F)c2)c2n1CCC2. The predicted molar refractivity (Wildman–Crippen MR) is 83.4 cm³/mol. The van der Waals surface area contributed by atoms with Crippen molar-refractivity contribution in [2.75, 3.05) is 12.4 Å². The van der Waals surface area contributed by atoms with E-state index in [0.29, 0.717) is 37.2 Å². The first-order chi connectivity index (χ1) is 12.3. The fourth-order valence-electron chi connectivity index (χ4n) is 2.93. The highest BCUT2D eigenvalue weighted by molar-refractivity contribution is 6.40. The monoisotopic (exact) mass is 366 g/mol. The van der Waals surface area contributed by atoms with Gasteiger partial charge in [0.25, 0.3) is 11.7 Å². The molecular weight excluding hydrogens is 353 g/mol. The maximum absolute atomic E-state index is 13.3. The third-order valence-corrected chi connectivity index (χ3v) is 4.09. The number of hydrogen-bond donors (Lipinski definition) is 1. The van der Waals surface area contributed by atoms with Crippen LogP contribution in [0.1, 0.15) is 33.0 Å². The van der Waals surface area contributed by atoms with Gasteiger partial charge in [-0.2, -0.15) is 0 Å². The maximum atomic E-state index is 13.3. The van der Waals surface area contributed by atoms with E-state index in [9.17, 15) is 27.6 Å². The van der Waals surface area contributed by atoms with Crippen molar-refractivity contribution in [3.63, 3.8) is 0 Å². The van der Waals surface area contributed by atoms with Gasteiger partial charge in [-0.25, -0.2) is 18.0 Å². The van der Waals surface area contributed by atoms with Crippen molar-refractivity contribution in [3.8, 4) is 0 Å². The van der Waals surface area contributed by atoms with E-state index in [2.05, 4.69) is 10.1 Å². The Kier molecular flexibility index (Phi) is 4.54. The number of ether oxygens (including phenoxy) is 1. The summed E-state index contributed by atoms with van der Waals surface area (Å²) in [6, 6.07) is 2.53. The van der Waals surface area contributed by atoms with Gasteiger partial charge in [0.15, 0.2) is 17.5 Å². The lowest BCUT2D eigenvalue weighted by Crippen LogP contribution is -2.19. The minimum atomic E-state index is -1.64. The Morgan fingerprint density at radius 3 is 2.38 bits per heavy atom. The molecule has 0 unspecified atom stereocenters. The number of nitrogens with one attached hydrogen (secondary N) is 1. The molecule has 0 aliphatic carbocycles. The fourth-order valence-corrected chi connectivity index (χ4v) is 2.93. The lowest BCUT2D eigenvalue weighted by molar-refractivity contribution is -0.135. The van der Waals surface area contributed by atoms with E-state index in [-0.39, 0.29) is 16.9 Å². The van der Waals surface area contributed by atoms with E-state index < -0.39 is 35.1 Å². The van der Waals surface area contributed by atoms with Gasteiger partial charge in [-0.3, -0.25) is 9.59 Å². The van der Waals surface area contributed by atoms with Gasteiger partial charge in [0.05, 0.1) is 18.4 Å². The average molecular weight is 366 g/mol. The molecule has 0 atom stereocenters. The Balaban J connectivity index is 1.93. The Labute approximate surface area is 145 Å². The predicted octanol–water partition coefficient (Wildman–Crippen LogP) is 2.46. The van der Waals surface area contributed by atoms with Crippen LogP contribution in [0.2, 0.25) is 0 Å². The van der Waals surface area contributed by atoms with Crippen LogP contribution in [0.4, 0.5) is 18.9 Å². The first-order valence-corrected chi connectivity index (χ1v) is 7.64. The summed E-state index contributed by atoms with van der Waals surface area (Å²) >= 11 is 0. The van der Waals surface area contributed by atoms with Gasteiger partial charge in [0.1, 0.15) is 0 Å². The van der Waals surface area contributed by atoms with E-state index in [1.807, 2.05) is 0 Å². The van der Waals surface area contributed by atoms with Crippen molar-refractivity contribution in [2.24, 2.45) is 0 Å². The molecule has 1 aromatic heterocycles. The summed E-state index contributed by atoms with van der Waals surface area (Å²) in [7, 11) is 1.07. The zero-order valence-electron chi connectivity index (χ0n) is 13.6. The second kappa shape index (κ2) is 6.66. The van der Waals surface area contributed by atoms with Crippen LogP contribution in [0, 0.1) is 17.5 Å². The van der Waals surface area contributed by atoms with Gasteiger partial charge in [0.2, 0.25) is 0 Å². The normalized spacial score (nSPS) is 12.6. The molecule has 1 N–H and O–H groups in total. The molecule has 1 amide bonds. The number of Topliss-reactive ketones (excluding diaryl/α,β-unsaturated/α-hetero) is 1. The van der Waals surface area contributed by atoms with Crippen LogP contribution < -0.4 is 5.32 Å². The summed E-state index contributed by atoms with van der Waals surface area (Å²) in [4.78, 5) is 36.0. The number of nitrogens with zero attached hydrogens (tertiary/aromatic N) is 1. The molecule has 3 rings (SSSR count). The van der Waals surface area contributed by atoms with Crippen LogP contribution in [0.5, 0.6) is 0 Å². The topological polar surface area (TPSA) is 77.4 Å². The molecule has 2 heterocycles. The minimum Gasteiger partial charge on any atom is -0.463 e. The second-order valence-corrected chi connectivity index (χ2v) is 5.67. The number of ketones is 1. The van der Waals surface area contributed by atoms with Crippen LogP contribution in [-0.4, -0.2) is 29.3 Å². The van der Waals surface area contributed by atoms with E-state index in [1.54, 1.807) is 4.57 Å². The summed E-state index contributed by atoms with van der Waals surface area (Å²) in [5.41, 5.74) is 0.355. The number of methoxy groups -OCH3 is 1. The quantitative estimate of drug-likeness (QED) is 0.390. The summed E-state index contributed by atoms with van der Waals surface area (Å²) < 4.78 is 45.5. The maximum Gasteiger partial charge on any atom is 0.381 e. The molecule has 0 radical (unpaired) electrons. The molecule has 136 valence electrons. The number of aromatic nitrogens is 1. The van der Waals surface area contributed by atoms with Crippen LogP contribution in [0.25, 0.3) is 0 Å². The zero-order chi connectivity index (χ0) is 19.0. The average Bonchev–Trinajstić information content (AvgIpc) is 3.20. The lowest BCUT2D eigenvalue weighted by atomic mass is 10.1. The summed E-state index contributed by atoms with van der Waals surface area (Å²) in [5, 5.41) is 2.27. The van der Waals surface area contributed by atoms with Gasteiger partial charge in [-0.05, 0) is 18.9 Å². The smallest absolute Gasteiger partial charge is 0.381 e. The zero-order valence-corrected chi connectivity index (χ0v) is 13.6. The Morgan fingerprint density at radius 1 is 1.12 bits per heavy atom. The molecule has 6 nitrogen and oxygen atoms in total. The Bertz CT molecular complexity index is 913. The molecule has 0 spiro atoms. The first kappa shape index (κ1) is 17.7. The number of rotatable bonds is 4. The van der Waals surface area contributed by atoms with Crippen molar-refractivity contribution in [1.29, 1.82) is 0 Å². The third kappa shape index (κ3) is 2.96. The van der Waals surface area contributed by atoms with Gasteiger partial charge in [-0.15, -0.1) is 0 Å². The second-order valence-electron chi connectivity index (χ2n) is 5.67. The molecule has 2 aromatic rings. The number of carbonyl (C=O) groups is 3. The molecule has 1 aliphatic rings. The van der Waals surface area contributed by atoms with E-state index in [0.717, 1.165) is 7.11 Å². The Morgan fingerprint density at radius 2 is 1.77 bits per heavy atom. The molecule has 9 heteroatoms. The van der Waals surface area contributed by atoms with Gasteiger partial charge in [0, 0.05) is 30.1 Å². The van der Waals surface area contributed by atoms with Crippen molar-refractivity contribution < 1.29 is 32.3 Å². The van der Waals surface area contributed by atoms with Crippen LogP contribution in [-0.2, 0) is 22.5 Å². The number of anilines is 1. The Hall–Kier alpha value is -3.10. The van der Waals surface area contributed by atoms with Crippen molar-refractivity contribution in [3.05, 3.63) is 52.6 Å². The number of esters is 1. The fraction of sp³-hybridized carbons (Fsp3) is 0.235. The van der Waals surface area contributed by atoms with Crippen molar-refractivity contribution in [1.82, 2.24) is 4.57 Å². The highest BCUT2D eigenvalue weighted by atomic mass is 19.2. The van der Waals surface area contributed by atoms with Crippen molar-refractivity contribution in [2.45, 2.75) is 19.4 Å². The number of hydrogen-bond acceptors (Lipinski definition) is 4. The largest absolute Gasteiger partial charge is 0.463 e. The molecule has 0 fully saturated rings. The molecule has 26 heavy (non-hydrogen) atoms. The molecule has 0 saturated heterocycles. The number of benzene rings is 1. The summed E-state index contributed by atoms with van der Waals surface area (Å²) in [6.45, 7) is 0.445. The van der Waals surface area contributed by atoms with E-state index >= 15 is 0 Å². The molecule has 0 bridgehead atoms. The highest BCUT2D eigenvalue weighted by Crippen LogP contribution is 2.26. The van der Waals surface area contributed by atoms with E-state index in [4.69, 9.17) is 0 Å². The van der Waals surface area contributed by atoms with Crippen LogP contribution in [0.15, 0.2) is 18.2 Å². The van der Waals surface area contributed by atoms with E-state index in [1.165, 1.54) is 6.07 Å². The van der Waals surface area contributed by atoms with Crippen LogP contribution in [0.3, 0.4) is 0 Å². The summed E-state index contributed by atoms with van der Waals surface area (Å²) in [6.07, 6.45) is 1.15. The molecular formula is C17H13F3N2O4. The third-order valence-electron chi connectivity index (χ3n) is 4.09. The van der Waals surface area contributed by atoms with Gasteiger partial charge >= 0.3 is 5.97 Å². The molecule has 0 saturated carbocycles. The molecule has 1 aliphatic heterocycles. The summed E-state index contributed by atoms with van der Waals surface area (Å²) in [5.74, 6) is -7.21. The first-order valence-electron chi connectivity index (χ1n) is 7.64. The molecule has 1 aromatic carbocycles.